The van der Waals surface area contributed by atoms with Gasteiger partial charge in [0.1, 0.15) is 0 Å². The Bertz CT molecular complexity index is 574. The van der Waals surface area contributed by atoms with E-state index in [2.05, 4.69) is 15.6 Å². The Hall–Kier alpha value is -2.12. The molecule has 7 heteroatoms. The van der Waals surface area contributed by atoms with Crippen molar-refractivity contribution in [3.8, 4) is 0 Å². The van der Waals surface area contributed by atoms with Gasteiger partial charge in [0.25, 0.3) is 0 Å². The lowest BCUT2D eigenvalue weighted by atomic mass is 10.2. The van der Waals surface area contributed by atoms with Crippen molar-refractivity contribution in [3.05, 3.63) is 35.9 Å². The van der Waals surface area contributed by atoms with Gasteiger partial charge in [-0.15, -0.1) is 0 Å². The maximum atomic E-state index is 12.5. The van der Waals surface area contributed by atoms with Crippen LogP contribution in [0.15, 0.2) is 35.3 Å². The van der Waals surface area contributed by atoms with Crippen molar-refractivity contribution < 1.29 is 14.3 Å². The first kappa shape index (κ1) is 21.2. The van der Waals surface area contributed by atoms with Gasteiger partial charge in [0, 0.05) is 39.9 Å². The molecule has 0 saturated carbocycles. The number of aliphatic imine (C=N–C) groups is 1. The van der Waals surface area contributed by atoms with E-state index in [4.69, 9.17) is 9.47 Å². The van der Waals surface area contributed by atoms with Crippen molar-refractivity contribution in [1.82, 2.24) is 15.5 Å². The number of benzene rings is 1. The topological polar surface area (TPSA) is 75.2 Å². The molecule has 0 spiro atoms. The molecule has 1 aromatic carbocycles. The summed E-state index contributed by atoms with van der Waals surface area (Å²) in [6.07, 6.45) is 2.10. The third-order valence-corrected chi connectivity index (χ3v) is 4.44. The van der Waals surface area contributed by atoms with E-state index < -0.39 is 0 Å². The van der Waals surface area contributed by atoms with E-state index >= 15 is 0 Å². The Labute approximate surface area is 162 Å². The second-order valence-electron chi connectivity index (χ2n) is 6.46. The molecule has 0 aromatic heterocycles. The summed E-state index contributed by atoms with van der Waals surface area (Å²) in [5.74, 6) is 0.678. The summed E-state index contributed by atoms with van der Waals surface area (Å²) < 4.78 is 11.0. The Morgan fingerprint density at radius 2 is 2.15 bits per heavy atom. The average molecular weight is 377 g/mol. The zero-order valence-corrected chi connectivity index (χ0v) is 16.4. The van der Waals surface area contributed by atoms with Gasteiger partial charge < -0.3 is 25.0 Å². The largest absolute Gasteiger partial charge is 0.379 e. The van der Waals surface area contributed by atoms with Crippen molar-refractivity contribution in [1.29, 1.82) is 0 Å². The van der Waals surface area contributed by atoms with Crippen LogP contribution in [0.5, 0.6) is 0 Å². The minimum absolute atomic E-state index is 0.0499. The molecule has 150 valence electrons. The zero-order valence-electron chi connectivity index (χ0n) is 16.4. The average Bonchev–Trinajstić information content (AvgIpc) is 3.22. The van der Waals surface area contributed by atoms with E-state index in [9.17, 15) is 4.79 Å². The molecule has 1 amide bonds. The summed E-state index contributed by atoms with van der Waals surface area (Å²) in [4.78, 5) is 18.5. The summed E-state index contributed by atoms with van der Waals surface area (Å²) in [7, 11) is 1.70. The van der Waals surface area contributed by atoms with Crippen molar-refractivity contribution >= 4 is 11.9 Å². The molecule has 0 aliphatic carbocycles. The highest BCUT2D eigenvalue weighted by atomic mass is 16.5. The highest BCUT2D eigenvalue weighted by Crippen LogP contribution is 2.08. The highest BCUT2D eigenvalue weighted by molar-refractivity contribution is 5.86. The van der Waals surface area contributed by atoms with Gasteiger partial charge in [0.15, 0.2) is 5.96 Å². The fourth-order valence-electron chi connectivity index (χ4n) is 2.85. The Balaban J connectivity index is 1.63. The predicted octanol–water partition coefficient (Wildman–Crippen LogP) is 1.40. The number of hydrogen-bond donors (Lipinski definition) is 2. The minimum atomic E-state index is 0.0499. The lowest BCUT2D eigenvalue weighted by Gasteiger charge is -2.22. The monoisotopic (exact) mass is 376 g/mol. The van der Waals surface area contributed by atoms with Crippen LogP contribution in [-0.2, 0) is 20.8 Å². The molecule has 2 N–H and O–H groups in total. The molecule has 27 heavy (non-hydrogen) atoms. The summed E-state index contributed by atoms with van der Waals surface area (Å²) in [5, 5.41) is 6.30. The van der Waals surface area contributed by atoms with Crippen LogP contribution >= 0.6 is 0 Å². The van der Waals surface area contributed by atoms with Crippen molar-refractivity contribution in [2.24, 2.45) is 4.99 Å². The molecule has 1 unspecified atom stereocenters. The number of rotatable bonds is 10. The van der Waals surface area contributed by atoms with Crippen molar-refractivity contribution in [3.63, 3.8) is 0 Å². The van der Waals surface area contributed by atoms with Crippen LogP contribution in [0.2, 0.25) is 0 Å². The van der Waals surface area contributed by atoms with Gasteiger partial charge in [-0.3, -0.25) is 9.79 Å². The Kier molecular flexibility index (Phi) is 9.65. The Morgan fingerprint density at radius 3 is 2.81 bits per heavy atom. The second kappa shape index (κ2) is 12.3. The lowest BCUT2D eigenvalue weighted by Crippen LogP contribution is -2.44. The maximum Gasteiger partial charge on any atom is 0.242 e. The van der Waals surface area contributed by atoms with E-state index in [0.29, 0.717) is 32.3 Å². The number of guanidine groups is 1. The van der Waals surface area contributed by atoms with Crippen LogP contribution in [0.4, 0.5) is 0 Å². The number of likely N-dealkylation sites (N-methyl/N-ethyl adjacent to an activating group) is 1. The number of nitrogens with zero attached hydrogens (tertiary/aromatic N) is 2. The summed E-state index contributed by atoms with van der Waals surface area (Å²) >= 11 is 0. The highest BCUT2D eigenvalue weighted by Gasteiger charge is 2.15. The SMILES string of the molecule is CCN(Cc1ccccc1)C(=O)CNC(=NC)NCCCOC1CCOC1. The summed E-state index contributed by atoms with van der Waals surface area (Å²) in [5.41, 5.74) is 1.13. The fraction of sp³-hybridized carbons (Fsp3) is 0.600. The maximum absolute atomic E-state index is 12.5. The third kappa shape index (κ3) is 7.97. The smallest absolute Gasteiger partial charge is 0.242 e. The van der Waals surface area contributed by atoms with E-state index in [1.807, 2.05) is 42.2 Å². The van der Waals surface area contributed by atoms with Gasteiger partial charge in [-0.05, 0) is 25.3 Å². The van der Waals surface area contributed by atoms with E-state index in [1.165, 1.54) is 0 Å². The number of carbonyl (C=O) groups excluding carboxylic acids is 1. The van der Waals surface area contributed by atoms with Gasteiger partial charge in [-0.25, -0.2) is 0 Å². The molecule has 0 radical (unpaired) electrons. The van der Waals surface area contributed by atoms with Crippen LogP contribution in [0.25, 0.3) is 0 Å². The fourth-order valence-corrected chi connectivity index (χ4v) is 2.85. The van der Waals surface area contributed by atoms with Gasteiger partial charge in [0.2, 0.25) is 5.91 Å². The molecule has 7 nitrogen and oxygen atoms in total. The Morgan fingerprint density at radius 1 is 1.33 bits per heavy atom. The third-order valence-electron chi connectivity index (χ3n) is 4.44. The van der Waals surface area contributed by atoms with E-state index in [1.54, 1.807) is 7.05 Å². The quantitative estimate of drug-likeness (QED) is 0.367. The molecule has 1 aliphatic rings. The molecule has 2 rings (SSSR count). The number of carbonyl (C=O) groups is 1. The van der Waals surface area contributed by atoms with Crippen LogP contribution in [0.1, 0.15) is 25.3 Å². The van der Waals surface area contributed by atoms with Crippen LogP contribution < -0.4 is 10.6 Å². The predicted molar refractivity (Wildman–Crippen MR) is 107 cm³/mol. The van der Waals surface area contributed by atoms with Gasteiger partial charge >= 0.3 is 0 Å². The molecule has 1 aliphatic heterocycles. The second-order valence-corrected chi connectivity index (χ2v) is 6.46. The molecule has 1 atom stereocenters. The number of amides is 1. The van der Waals surface area contributed by atoms with Crippen LogP contribution in [0.3, 0.4) is 0 Å². The van der Waals surface area contributed by atoms with Crippen molar-refractivity contribution in [2.45, 2.75) is 32.4 Å². The summed E-state index contributed by atoms with van der Waals surface area (Å²) in [6.45, 7) is 6.43. The number of ether oxygens (including phenoxy) is 2. The van der Waals surface area contributed by atoms with Crippen LogP contribution in [-0.4, -0.2) is 69.4 Å². The van der Waals surface area contributed by atoms with Crippen LogP contribution in [0, 0.1) is 0 Å². The van der Waals surface area contributed by atoms with E-state index in [0.717, 1.165) is 31.6 Å². The zero-order chi connectivity index (χ0) is 19.3. The number of hydrogen-bond acceptors (Lipinski definition) is 4. The molecule has 1 heterocycles. The molecule has 1 saturated heterocycles. The van der Waals surface area contributed by atoms with Gasteiger partial charge in [-0.1, -0.05) is 30.3 Å². The summed E-state index contributed by atoms with van der Waals surface area (Å²) in [6, 6.07) is 10.0. The first-order valence-corrected chi connectivity index (χ1v) is 9.68. The number of nitrogens with one attached hydrogen (secondary N) is 2. The molecular weight excluding hydrogens is 344 g/mol. The molecule has 1 fully saturated rings. The first-order chi connectivity index (χ1) is 13.2. The minimum Gasteiger partial charge on any atom is -0.379 e. The molecular formula is C20H32N4O3. The first-order valence-electron chi connectivity index (χ1n) is 9.68. The van der Waals surface area contributed by atoms with E-state index in [-0.39, 0.29) is 18.6 Å². The van der Waals surface area contributed by atoms with Crippen molar-refractivity contribution in [2.75, 3.05) is 46.5 Å². The van der Waals surface area contributed by atoms with Gasteiger partial charge in [-0.2, -0.15) is 0 Å². The molecule has 0 bridgehead atoms. The molecule has 1 aromatic rings. The lowest BCUT2D eigenvalue weighted by molar-refractivity contribution is -0.130. The van der Waals surface area contributed by atoms with Gasteiger partial charge in [0.05, 0.1) is 19.3 Å². The normalized spacial score (nSPS) is 17.0. The standard InChI is InChI=1S/C20H32N4O3/c1-3-24(15-17-8-5-4-6-9-17)19(25)14-23-20(21-2)22-11-7-12-27-18-10-13-26-16-18/h4-6,8-9,18H,3,7,10-16H2,1-2H3,(H2,21,22,23).